The molecule has 1 aliphatic rings. The van der Waals surface area contributed by atoms with E-state index in [1.54, 1.807) is 27.7 Å². The Balaban J connectivity index is 2.12. The molecule has 0 unspecified atom stereocenters. The molecule has 1 aliphatic heterocycles. The molecule has 4 N–H and O–H groups in total. The van der Waals surface area contributed by atoms with Crippen molar-refractivity contribution in [2.24, 2.45) is 0 Å². The molecule has 2 aromatic rings. The van der Waals surface area contributed by atoms with Gasteiger partial charge in [-0.3, -0.25) is 0 Å². The van der Waals surface area contributed by atoms with Crippen LogP contribution in [0.2, 0.25) is 12.1 Å². The monoisotopic (exact) mass is 694 g/mol. The average Bonchev–Trinajstić information content (AvgIpc) is 3.27. The third-order valence-corrected chi connectivity index (χ3v) is 17.0. The standard InChI is InChI=1S/C40H68B2O6Si/c1-11-13-15-17-19-21-27-49(28-22-20-18-16-14-12-2)35-29-31(41(45)47-39(7,8)37(3,4)43)23-25-33(35)34-26-24-32(30-36(34)49)42(46)48-40(9,10)38(5,6)44/h23-26,29-30,43-46H,11-22,27-28H2,1-10H3. The highest BCUT2D eigenvalue weighted by Gasteiger charge is 2.47. The highest BCUT2D eigenvalue weighted by Crippen LogP contribution is 2.36. The lowest BCUT2D eigenvalue weighted by Crippen LogP contribution is -2.58. The van der Waals surface area contributed by atoms with Crippen molar-refractivity contribution in [3.05, 3.63) is 36.4 Å². The molecule has 0 atom stereocenters. The second-order valence-corrected chi connectivity index (χ2v) is 21.0. The number of fused-ring (bicyclic) bond motifs is 3. The molecule has 49 heavy (non-hydrogen) atoms. The van der Waals surface area contributed by atoms with E-state index in [2.05, 4.69) is 38.1 Å². The molecule has 1 heterocycles. The molecule has 6 nitrogen and oxygen atoms in total. The Morgan fingerprint density at radius 3 is 1.18 bits per heavy atom. The molecule has 0 amide bonds. The minimum Gasteiger partial charge on any atom is -0.423 e. The van der Waals surface area contributed by atoms with Crippen molar-refractivity contribution < 1.29 is 29.6 Å². The summed E-state index contributed by atoms with van der Waals surface area (Å²) in [4.78, 5) is 0. The summed E-state index contributed by atoms with van der Waals surface area (Å²) < 4.78 is 12.3. The van der Waals surface area contributed by atoms with Crippen LogP contribution in [0, 0.1) is 0 Å². The molecule has 2 aromatic carbocycles. The molecule has 274 valence electrons. The maximum Gasteiger partial charge on any atom is 0.491 e. The first-order valence-corrected chi connectivity index (χ1v) is 21.7. The normalized spacial score (nSPS) is 14.6. The summed E-state index contributed by atoms with van der Waals surface area (Å²) in [6, 6.07) is 14.8. The smallest absolute Gasteiger partial charge is 0.423 e. The van der Waals surface area contributed by atoms with Crippen LogP contribution in [0.15, 0.2) is 36.4 Å². The number of hydrogen-bond acceptors (Lipinski definition) is 6. The number of benzene rings is 2. The molecule has 0 saturated heterocycles. The van der Waals surface area contributed by atoms with Gasteiger partial charge in [0.25, 0.3) is 0 Å². The molecule has 0 fully saturated rings. The molecule has 0 spiro atoms. The fraction of sp³-hybridized carbons (Fsp3) is 0.700. The van der Waals surface area contributed by atoms with Crippen molar-refractivity contribution in [3.8, 4) is 11.1 Å². The van der Waals surface area contributed by atoms with Crippen LogP contribution in [0.25, 0.3) is 11.1 Å². The van der Waals surface area contributed by atoms with Crippen LogP contribution in [0.1, 0.15) is 146 Å². The van der Waals surface area contributed by atoms with Crippen LogP contribution < -0.4 is 21.3 Å². The van der Waals surface area contributed by atoms with E-state index in [1.807, 2.05) is 39.8 Å². The zero-order valence-electron chi connectivity index (χ0n) is 32.6. The van der Waals surface area contributed by atoms with E-state index < -0.39 is 44.7 Å². The summed E-state index contributed by atoms with van der Waals surface area (Å²) in [5, 5.41) is 47.1. The molecule has 0 saturated carbocycles. The summed E-state index contributed by atoms with van der Waals surface area (Å²) in [6.07, 6.45) is 14.7. The van der Waals surface area contributed by atoms with Gasteiger partial charge >= 0.3 is 14.2 Å². The molecule has 0 bridgehead atoms. The van der Waals surface area contributed by atoms with Crippen molar-refractivity contribution >= 4 is 43.6 Å². The summed E-state index contributed by atoms with van der Waals surface area (Å²) in [5.41, 5.74) is -0.374. The van der Waals surface area contributed by atoms with Gasteiger partial charge in [-0.2, -0.15) is 0 Å². The van der Waals surface area contributed by atoms with E-state index in [0.717, 1.165) is 24.9 Å². The van der Waals surface area contributed by atoms with Crippen LogP contribution in [-0.4, -0.2) is 65.0 Å². The van der Waals surface area contributed by atoms with Gasteiger partial charge in [0.15, 0.2) is 0 Å². The Hall–Kier alpha value is -1.45. The fourth-order valence-corrected chi connectivity index (χ4v) is 12.6. The Bertz CT molecular complexity index is 1230. The highest BCUT2D eigenvalue weighted by molar-refractivity contribution is 7.05. The van der Waals surface area contributed by atoms with E-state index in [4.69, 9.17) is 9.31 Å². The predicted molar refractivity (Wildman–Crippen MR) is 211 cm³/mol. The Labute approximate surface area is 300 Å². The molecule has 3 rings (SSSR count). The SMILES string of the molecule is CCCCCCCC[Si]1(CCCCCCCC)c2cc(B(O)OC(C)(C)C(C)(C)O)ccc2-c2ccc(B(O)OC(C)(C)C(C)(C)O)cc21. The van der Waals surface area contributed by atoms with Gasteiger partial charge in [-0.05, 0) is 99.9 Å². The van der Waals surface area contributed by atoms with E-state index in [-0.39, 0.29) is 0 Å². The molecular weight excluding hydrogens is 626 g/mol. The van der Waals surface area contributed by atoms with Crippen molar-refractivity contribution in [1.82, 2.24) is 0 Å². The fourth-order valence-electron chi connectivity index (χ4n) is 6.90. The minimum atomic E-state index is -2.39. The number of rotatable bonds is 22. The Morgan fingerprint density at radius 1 is 0.531 bits per heavy atom. The van der Waals surface area contributed by atoms with Crippen LogP contribution in [0.4, 0.5) is 0 Å². The quantitative estimate of drug-likeness (QED) is 0.0835. The van der Waals surface area contributed by atoms with Gasteiger partial charge in [-0.1, -0.05) is 127 Å². The predicted octanol–water partition coefficient (Wildman–Crippen LogP) is 6.46. The lowest BCUT2D eigenvalue weighted by atomic mass is 9.75. The lowest BCUT2D eigenvalue weighted by Gasteiger charge is -2.38. The third-order valence-electron chi connectivity index (χ3n) is 11.7. The second-order valence-electron chi connectivity index (χ2n) is 16.8. The van der Waals surface area contributed by atoms with E-state index in [1.165, 1.54) is 85.7 Å². The van der Waals surface area contributed by atoms with Gasteiger partial charge in [0, 0.05) is 0 Å². The average molecular weight is 695 g/mol. The van der Waals surface area contributed by atoms with Crippen LogP contribution in [-0.2, 0) is 9.31 Å². The zero-order chi connectivity index (χ0) is 36.7. The first-order valence-electron chi connectivity index (χ1n) is 19.3. The summed E-state index contributed by atoms with van der Waals surface area (Å²) in [6.45, 7) is 18.6. The van der Waals surface area contributed by atoms with Gasteiger partial charge in [0.2, 0.25) is 0 Å². The van der Waals surface area contributed by atoms with Gasteiger partial charge in [-0.15, -0.1) is 0 Å². The molecule has 0 radical (unpaired) electrons. The maximum atomic E-state index is 11.4. The van der Waals surface area contributed by atoms with Crippen molar-refractivity contribution in [1.29, 1.82) is 0 Å². The van der Waals surface area contributed by atoms with Gasteiger partial charge in [0.05, 0.1) is 22.4 Å². The van der Waals surface area contributed by atoms with E-state index >= 15 is 0 Å². The lowest BCUT2D eigenvalue weighted by molar-refractivity contribution is -0.0982. The van der Waals surface area contributed by atoms with Crippen molar-refractivity contribution in [3.63, 3.8) is 0 Å². The first kappa shape index (κ1) is 42.0. The molecule has 0 aromatic heterocycles. The Morgan fingerprint density at radius 2 is 0.857 bits per heavy atom. The number of hydrogen-bond donors (Lipinski definition) is 4. The van der Waals surface area contributed by atoms with E-state index in [9.17, 15) is 20.3 Å². The minimum absolute atomic E-state index is 0.710. The summed E-state index contributed by atoms with van der Waals surface area (Å²) in [5.74, 6) is 0. The zero-order valence-corrected chi connectivity index (χ0v) is 33.6. The number of unbranched alkanes of at least 4 members (excludes halogenated alkanes) is 10. The number of aliphatic hydroxyl groups is 2. The van der Waals surface area contributed by atoms with Gasteiger partial charge in [0.1, 0.15) is 8.07 Å². The van der Waals surface area contributed by atoms with Crippen molar-refractivity contribution in [2.75, 3.05) is 0 Å². The van der Waals surface area contributed by atoms with Crippen LogP contribution >= 0.6 is 0 Å². The van der Waals surface area contributed by atoms with Crippen LogP contribution in [0.3, 0.4) is 0 Å². The maximum absolute atomic E-state index is 11.4. The third kappa shape index (κ3) is 10.3. The first-order chi connectivity index (χ1) is 22.8. The molecule has 9 heteroatoms. The summed E-state index contributed by atoms with van der Waals surface area (Å²) >= 11 is 0. The largest absolute Gasteiger partial charge is 0.491 e. The van der Waals surface area contributed by atoms with Gasteiger partial charge in [-0.25, -0.2) is 0 Å². The second kappa shape index (κ2) is 17.4. The highest BCUT2D eigenvalue weighted by atomic mass is 28.3. The summed E-state index contributed by atoms with van der Waals surface area (Å²) in [7, 11) is -4.75. The topological polar surface area (TPSA) is 99.4 Å². The van der Waals surface area contributed by atoms with E-state index in [0.29, 0.717) is 10.9 Å². The molecular formula is C40H68B2O6Si. The van der Waals surface area contributed by atoms with Gasteiger partial charge < -0.3 is 29.6 Å². The molecule has 0 aliphatic carbocycles. The Kier molecular flexibility index (Phi) is 14.9. The van der Waals surface area contributed by atoms with Crippen LogP contribution in [0.5, 0.6) is 0 Å². The van der Waals surface area contributed by atoms with Crippen molar-refractivity contribution in [2.45, 2.75) is 181 Å².